The van der Waals surface area contributed by atoms with Crippen LogP contribution in [0.2, 0.25) is 0 Å². The van der Waals surface area contributed by atoms with Crippen LogP contribution in [0.4, 0.5) is 10.1 Å². The monoisotopic (exact) mass is 309 g/mol. The van der Waals surface area contributed by atoms with Crippen LogP contribution in [-0.2, 0) is 10.0 Å². The largest absolute Gasteiger partial charge is 0.388 e. The summed E-state index contributed by atoms with van der Waals surface area (Å²) < 4.78 is 39.9. The van der Waals surface area contributed by atoms with E-state index in [-0.39, 0.29) is 10.6 Å². The maximum absolute atomic E-state index is 13.1. The molecule has 6 heteroatoms. The lowest BCUT2D eigenvalue weighted by Gasteiger charge is -2.12. The first-order valence-electron chi connectivity index (χ1n) is 6.49. The molecule has 0 fully saturated rings. The standard InChI is InChI=1S/C15H16FNO3S/c1-2-15(18)11-5-3-8-14(9-11)21(19,20)17-13-7-4-6-12(16)10-13/h3-10,15,17-18H,2H2,1H3. The number of aliphatic hydroxyl groups excluding tert-OH is 1. The number of nitrogens with one attached hydrogen (secondary N) is 1. The average molecular weight is 309 g/mol. The van der Waals surface area contributed by atoms with Gasteiger partial charge in [-0.2, -0.15) is 0 Å². The molecule has 0 heterocycles. The number of anilines is 1. The third-order valence-electron chi connectivity index (χ3n) is 3.02. The first-order valence-corrected chi connectivity index (χ1v) is 7.97. The first-order chi connectivity index (χ1) is 9.92. The molecular weight excluding hydrogens is 293 g/mol. The van der Waals surface area contributed by atoms with Gasteiger partial charge >= 0.3 is 0 Å². The number of aliphatic hydroxyl groups is 1. The van der Waals surface area contributed by atoms with E-state index in [1.807, 2.05) is 0 Å². The Labute approximate surface area is 123 Å². The van der Waals surface area contributed by atoms with Gasteiger partial charge in [0.1, 0.15) is 5.82 Å². The lowest BCUT2D eigenvalue weighted by Crippen LogP contribution is -2.13. The molecule has 0 saturated carbocycles. The molecule has 0 aliphatic heterocycles. The highest BCUT2D eigenvalue weighted by atomic mass is 32.2. The van der Waals surface area contributed by atoms with Gasteiger partial charge in [0, 0.05) is 0 Å². The normalized spacial score (nSPS) is 12.9. The third kappa shape index (κ3) is 3.80. The van der Waals surface area contributed by atoms with Crippen molar-refractivity contribution in [2.75, 3.05) is 4.72 Å². The van der Waals surface area contributed by atoms with Crippen LogP contribution in [0.5, 0.6) is 0 Å². The molecule has 0 saturated heterocycles. The van der Waals surface area contributed by atoms with Crippen molar-refractivity contribution < 1.29 is 17.9 Å². The summed E-state index contributed by atoms with van der Waals surface area (Å²) in [6.07, 6.45) is -0.227. The van der Waals surface area contributed by atoms with Crippen molar-refractivity contribution in [3.05, 3.63) is 59.9 Å². The Balaban J connectivity index is 2.31. The molecular formula is C15H16FNO3S. The maximum Gasteiger partial charge on any atom is 0.261 e. The van der Waals surface area contributed by atoms with Crippen LogP contribution >= 0.6 is 0 Å². The molecule has 2 aromatic carbocycles. The lowest BCUT2D eigenvalue weighted by molar-refractivity contribution is 0.173. The predicted octanol–water partition coefficient (Wildman–Crippen LogP) is 3.07. The molecule has 2 N–H and O–H groups in total. The minimum atomic E-state index is -3.82. The van der Waals surface area contributed by atoms with E-state index in [0.717, 1.165) is 6.07 Å². The summed E-state index contributed by atoms with van der Waals surface area (Å²) in [7, 11) is -3.82. The molecule has 2 aromatic rings. The Kier molecular flexibility index (Phi) is 4.59. The van der Waals surface area contributed by atoms with Gasteiger partial charge in [0.25, 0.3) is 10.0 Å². The van der Waals surface area contributed by atoms with Crippen LogP contribution in [0.25, 0.3) is 0 Å². The predicted molar refractivity (Wildman–Crippen MR) is 78.9 cm³/mol. The van der Waals surface area contributed by atoms with Gasteiger partial charge < -0.3 is 5.11 Å². The van der Waals surface area contributed by atoms with E-state index >= 15 is 0 Å². The summed E-state index contributed by atoms with van der Waals surface area (Å²) >= 11 is 0. The molecule has 21 heavy (non-hydrogen) atoms. The molecule has 0 aliphatic carbocycles. The molecule has 0 spiro atoms. The fourth-order valence-corrected chi connectivity index (χ4v) is 2.99. The van der Waals surface area contributed by atoms with E-state index in [2.05, 4.69) is 4.72 Å². The maximum atomic E-state index is 13.1. The quantitative estimate of drug-likeness (QED) is 0.892. The number of benzene rings is 2. The zero-order chi connectivity index (χ0) is 15.5. The summed E-state index contributed by atoms with van der Waals surface area (Å²) in [6.45, 7) is 1.80. The Morgan fingerprint density at radius 1 is 1.19 bits per heavy atom. The summed E-state index contributed by atoms with van der Waals surface area (Å²) in [4.78, 5) is 0.0248. The van der Waals surface area contributed by atoms with Crippen molar-refractivity contribution in [3.8, 4) is 0 Å². The number of sulfonamides is 1. The average Bonchev–Trinajstić information content (AvgIpc) is 2.46. The zero-order valence-electron chi connectivity index (χ0n) is 11.5. The number of hydrogen-bond acceptors (Lipinski definition) is 3. The third-order valence-corrected chi connectivity index (χ3v) is 4.40. The highest BCUT2D eigenvalue weighted by Crippen LogP contribution is 2.22. The smallest absolute Gasteiger partial charge is 0.261 e. The van der Waals surface area contributed by atoms with Gasteiger partial charge in [-0.3, -0.25) is 4.72 Å². The Morgan fingerprint density at radius 3 is 2.57 bits per heavy atom. The van der Waals surface area contributed by atoms with Crippen molar-refractivity contribution in [2.45, 2.75) is 24.3 Å². The van der Waals surface area contributed by atoms with Crippen molar-refractivity contribution in [1.82, 2.24) is 0 Å². The molecule has 1 atom stereocenters. The van der Waals surface area contributed by atoms with Gasteiger partial charge in [0.15, 0.2) is 0 Å². The van der Waals surface area contributed by atoms with Crippen LogP contribution in [0, 0.1) is 5.82 Å². The van der Waals surface area contributed by atoms with E-state index in [0.29, 0.717) is 12.0 Å². The molecule has 0 radical (unpaired) electrons. The van der Waals surface area contributed by atoms with Gasteiger partial charge in [-0.25, -0.2) is 12.8 Å². The van der Waals surface area contributed by atoms with Crippen LogP contribution < -0.4 is 4.72 Å². The fourth-order valence-electron chi connectivity index (χ4n) is 1.89. The van der Waals surface area contributed by atoms with E-state index < -0.39 is 21.9 Å². The number of hydrogen-bond donors (Lipinski definition) is 2. The molecule has 0 aliphatic rings. The number of rotatable bonds is 5. The summed E-state index contributed by atoms with van der Waals surface area (Å²) in [5.74, 6) is -0.523. The second-order valence-corrected chi connectivity index (χ2v) is 6.29. The zero-order valence-corrected chi connectivity index (χ0v) is 12.3. The molecule has 1 unspecified atom stereocenters. The van der Waals surface area contributed by atoms with Crippen molar-refractivity contribution in [2.24, 2.45) is 0 Å². The Morgan fingerprint density at radius 2 is 1.90 bits per heavy atom. The van der Waals surface area contributed by atoms with Crippen molar-refractivity contribution >= 4 is 15.7 Å². The molecule has 2 rings (SSSR count). The van der Waals surface area contributed by atoms with Gasteiger partial charge in [0.05, 0.1) is 16.7 Å². The Bertz CT molecular complexity index is 731. The van der Waals surface area contributed by atoms with Gasteiger partial charge in [-0.05, 0) is 42.3 Å². The molecule has 112 valence electrons. The molecule has 0 aromatic heterocycles. The van der Waals surface area contributed by atoms with Gasteiger partial charge in [-0.15, -0.1) is 0 Å². The molecule has 0 amide bonds. The Hall–Kier alpha value is -1.92. The van der Waals surface area contributed by atoms with E-state index in [1.165, 1.54) is 30.3 Å². The fraction of sp³-hybridized carbons (Fsp3) is 0.200. The second kappa shape index (κ2) is 6.24. The second-order valence-electron chi connectivity index (χ2n) is 4.61. The summed E-state index contributed by atoms with van der Waals surface area (Å²) in [6, 6.07) is 11.3. The highest BCUT2D eigenvalue weighted by Gasteiger charge is 2.16. The summed E-state index contributed by atoms with van der Waals surface area (Å²) in [5.41, 5.74) is 0.677. The molecule has 0 bridgehead atoms. The van der Waals surface area contributed by atoms with Crippen molar-refractivity contribution in [1.29, 1.82) is 0 Å². The van der Waals surface area contributed by atoms with Crippen LogP contribution in [0.15, 0.2) is 53.4 Å². The van der Waals surface area contributed by atoms with Gasteiger partial charge in [-0.1, -0.05) is 25.1 Å². The van der Waals surface area contributed by atoms with E-state index in [4.69, 9.17) is 0 Å². The first kappa shape index (κ1) is 15.5. The van der Waals surface area contributed by atoms with Crippen LogP contribution in [0.1, 0.15) is 25.0 Å². The van der Waals surface area contributed by atoms with Gasteiger partial charge in [0.2, 0.25) is 0 Å². The SMILES string of the molecule is CCC(O)c1cccc(S(=O)(=O)Nc2cccc(F)c2)c1. The topological polar surface area (TPSA) is 66.4 Å². The molecule has 4 nitrogen and oxygen atoms in total. The lowest BCUT2D eigenvalue weighted by atomic mass is 10.1. The summed E-state index contributed by atoms with van der Waals surface area (Å²) in [5, 5.41) is 9.78. The van der Waals surface area contributed by atoms with Crippen LogP contribution in [-0.4, -0.2) is 13.5 Å². The highest BCUT2D eigenvalue weighted by molar-refractivity contribution is 7.92. The van der Waals surface area contributed by atoms with E-state index in [1.54, 1.807) is 19.1 Å². The van der Waals surface area contributed by atoms with Crippen molar-refractivity contribution in [3.63, 3.8) is 0 Å². The number of halogens is 1. The minimum Gasteiger partial charge on any atom is -0.388 e. The van der Waals surface area contributed by atoms with E-state index in [9.17, 15) is 17.9 Å². The van der Waals surface area contributed by atoms with Crippen LogP contribution in [0.3, 0.4) is 0 Å². The minimum absolute atomic E-state index is 0.0248.